The van der Waals surface area contributed by atoms with Crippen molar-refractivity contribution in [1.82, 2.24) is 0 Å². The van der Waals surface area contributed by atoms with Crippen LogP contribution in [0.1, 0.15) is 11.6 Å². The Labute approximate surface area is 139 Å². The Morgan fingerprint density at radius 2 is 1.91 bits per heavy atom. The summed E-state index contributed by atoms with van der Waals surface area (Å²) in [5.41, 5.74) is 7.63. The van der Waals surface area contributed by atoms with Crippen LogP contribution in [-0.2, 0) is 4.79 Å². The number of halogens is 1. The summed E-state index contributed by atoms with van der Waals surface area (Å²) < 4.78 is 10.4. The molecule has 0 radical (unpaired) electrons. The zero-order chi connectivity index (χ0) is 16.6. The molecule has 0 aromatic heterocycles. The van der Waals surface area contributed by atoms with Gasteiger partial charge in [0.2, 0.25) is 5.91 Å². The number of nitrogens with two attached hydrogens (primary N) is 1. The molecule has 2 N–H and O–H groups in total. The number of anilines is 1. The van der Waals surface area contributed by atoms with Crippen molar-refractivity contribution >= 4 is 23.2 Å². The zero-order valence-corrected chi connectivity index (χ0v) is 13.6. The SMILES string of the molecule is COc1cccc([C@@H]2[C@H](N)C(=O)N2c2ccc(OC)c(Cl)c2)c1. The summed E-state index contributed by atoms with van der Waals surface area (Å²) >= 11 is 6.17. The fraction of sp³-hybridized carbons (Fsp3) is 0.235. The van der Waals surface area contributed by atoms with Gasteiger partial charge in [-0.3, -0.25) is 4.79 Å². The molecule has 2 atom stereocenters. The first-order chi connectivity index (χ1) is 11.1. The molecule has 1 aliphatic heterocycles. The van der Waals surface area contributed by atoms with Gasteiger partial charge in [0.15, 0.2) is 0 Å². The number of carbonyl (C=O) groups is 1. The third kappa shape index (κ3) is 2.62. The highest BCUT2D eigenvalue weighted by atomic mass is 35.5. The second kappa shape index (κ2) is 6.10. The Bertz CT molecular complexity index is 750. The van der Waals surface area contributed by atoms with E-state index in [4.69, 9.17) is 26.8 Å². The van der Waals surface area contributed by atoms with Crippen molar-refractivity contribution in [2.75, 3.05) is 19.1 Å². The summed E-state index contributed by atoms with van der Waals surface area (Å²) in [7, 11) is 3.15. The molecule has 1 fully saturated rings. The van der Waals surface area contributed by atoms with Gasteiger partial charge in [-0.25, -0.2) is 0 Å². The number of rotatable bonds is 4. The van der Waals surface area contributed by atoms with Crippen LogP contribution < -0.4 is 20.1 Å². The molecule has 0 unspecified atom stereocenters. The second-order valence-electron chi connectivity index (χ2n) is 5.27. The lowest BCUT2D eigenvalue weighted by Crippen LogP contribution is -2.63. The van der Waals surface area contributed by atoms with Crippen LogP contribution in [0.4, 0.5) is 5.69 Å². The van der Waals surface area contributed by atoms with Crippen molar-refractivity contribution in [2.45, 2.75) is 12.1 Å². The fourth-order valence-corrected chi connectivity index (χ4v) is 3.04. The van der Waals surface area contributed by atoms with Gasteiger partial charge in [0.25, 0.3) is 0 Å². The molecule has 0 aliphatic carbocycles. The largest absolute Gasteiger partial charge is 0.497 e. The lowest BCUT2D eigenvalue weighted by atomic mass is 9.88. The van der Waals surface area contributed by atoms with E-state index in [1.54, 1.807) is 37.3 Å². The van der Waals surface area contributed by atoms with E-state index < -0.39 is 6.04 Å². The standard InChI is InChI=1S/C17H17ClN2O3/c1-22-12-5-3-4-10(8-12)16-15(19)17(21)20(16)11-6-7-14(23-2)13(18)9-11/h3-9,15-16H,19H2,1-2H3/t15-,16+/m0/s1. The van der Waals surface area contributed by atoms with Crippen LogP contribution in [0, 0.1) is 0 Å². The van der Waals surface area contributed by atoms with Crippen LogP contribution >= 0.6 is 11.6 Å². The predicted octanol–water partition coefficient (Wildman–Crippen LogP) is 2.77. The van der Waals surface area contributed by atoms with E-state index in [-0.39, 0.29) is 11.9 Å². The summed E-state index contributed by atoms with van der Waals surface area (Å²) in [6, 6.07) is 11.9. The van der Waals surface area contributed by atoms with Gasteiger partial charge in [0.1, 0.15) is 17.5 Å². The van der Waals surface area contributed by atoms with Crippen molar-refractivity contribution in [3.8, 4) is 11.5 Å². The second-order valence-corrected chi connectivity index (χ2v) is 5.68. The molecule has 3 rings (SSSR count). The van der Waals surface area contributed by atoms with Crippen LogP contribution in [0.3, 0.4) is 0 Å². The minimum atomic E-state index is -0.581. The molecule has 1 saturated heterocycles. The van der Waals surface area contributed by atoms with Crippen molar-refractivity contribution < 1.29 is 14.3 Å². The van der Waals surface area contributed by atoms with Gasteiger partial charge in [0, 0.05) is 5.69 Å². The van der Waals surface area contributed by atoms with Gasteiger partial charge < -0.3 is 20.1 Å². The zero-order valence-electron chi connectivity index (χ0n) is 12.8. The van der Waals surface area contributed by atoms with Crippen molar-refractivity contribution in [2.24, 2.45) is 5.73 Å². The Morgan fingerprint density at radius 1 is 1.13 bits per heavy atom. The van der Waals surface area contributed by atoms with Crippen LogP contribution in [0.25, 0.3) is 0 Å². The number of nitrogens with zero attached hydrogens (tertiary/aromatic N) is 1. The molecule has 1 heterocycles. The number of hydrogen-bond donors (Lipinski definition) is 1. The molecule has 1 amide bonds. The van der Waals surface area contributed by atoms with Crippen LogP contribution in [-0.4, -0.2) is 26.2 Å². The molecule has 0 spiro atoms. The molecule has 0 bridgehead atoms. The monoisotopic (exact) mass is 332 g/mol. The predicted molar refractivity (Wildman–Crippen MR) is 89.2 cm³/mol. The average Bonchev–Trinajstić information content (AvgIpc) is 2.58. The maximum absolute atomic E-state index is 12.3. The number of carbonyl (C=O) groups excluding carboxylic acids is 1. The van der Waals surface area contributed by atoms with E-state index in [0.717, 1.165) is 11.3 Å². The van der Waals surface area contributed by atoms with Crippen molar-refractivity contribution in [3.05, 3.63) is 53.1 Å². The number of β-lactam (4-membered cyclic amide) rings is 1. The van der Waals surface area contributed by atoms with Gasteiger partial charge in [-0.1, -0.05) is 23.7 Å². The average molecular weight is 333 g/mol. The normalized spacial score (nSPS) is 20.2. The highest BCUT2D eigenvalue weighted by Crippen LogP contribution is 2.41. The number of hydrogen-bond acceptors (Lipinski definition) is 4. The van der Waals surface area contributed by atoms with Gasteiger partial charge in [-0.2, -0.15) is 0 Å². The molecule has 2 aromatic carbocycles. The molecule has 5 nitrogen and oxygen atoms in total. The van der Waals surface area contributed by atoms with E-state index in [9.17, 15) is 4.79 Å². The number of amides is 1. The van der Waals surface area contributed by atoms with Crippen LogP contribution in [0.15, 0.2) is 42.5 Å². The molecular weight excluding hydrogens is 316 g/mol. The first-order valence-electron chi connectivity index (χ1n) is 7.13. The van der Waals surface area contributed by atoms with E-state index >= 15 is 0 Å². The van der Waals surface area contributed by atoms with Crippen molar-refractivity contribution in [3.63, 3.8) is 0 Å². The van der Waals surface area contributed by atoms with Crippen molar-refractivity contribution in [1.29, 1.82) is 0 Å². The first kappa shape index (κ1) is 15.6. The molecular formula is C17H17ClN2O3. The molecule has 0 saturated carbocycles. The summed E-state index contributed by atoms with van der Waals surface area (Å²) in [4.78, 5) is 13.9. The van der Waals surface area contributed by atoms with Gasteiger partial charge in [-0.15, -0.1) is 0 Å². The van der Waals surface area contributed by atoms with E-state index in [0.29, 0.717) is 16.5 Å². The third-order valence-electron chi connectivity index (χ3n) is 3.99. The minimum absolute atomic E-state index is 0.140. The Balaban J connectivity index is 1.97. The molecule has 6 heteroatoms. The van der Waals surface area contributed by atoms with Gasteiger partial charge in [-0.05, 0) is 35.9 Å². The quantitative estimate of drug-likeness (QED) is 0.874. The van der Waals surface area contributed by atoms with E-state index in [1.165, 1.54) is 0 Å². The summed E-state index contributed by atoms with van der Waals surface area (Å²) in [5.74, 6) is 1.14. The Morgan fingerprint density at radius 3 is 2.57 bits per heavy atom. The van der Waals surface area contributed by atoms with Crippen LogP contribution in [0.5, 0.6) is 11.5 Å². The highest BCUT2D eigenvalue weighted by molar-refractivity contribution is 6.32. The smallest absolute Gasteiger partial charge is 0.247 e. The topological polar surface area (TPSA) is 64.8 Å². The Kier molecular flexibility index (Phi) is 4.15. The lowest BCUT2D eigenvalue weighted by Gasteiger charge is -2.45. The van der Waals surface area contributed by atoms with Gasteiger partial charge >= 0.3 is 0 Å². The van der Waals surface area contributed by atoms with Gasteiger partial charge in [0.05, 0.1) is 25.3 Å². The molecule has 1 aliphatic rings. The first-order valence-corrected chi connectivity index (χ1v) is 7.50. The third-order valence-corrected chi connectivity index (χ3v) is 4.29. The summed E-state index contributed by atoms with van der Waals surface area (Å²) in [5, 5.41) is 0.447. The molecule has 120 valence electrons. The molecule has 23 heavy (non-hydrogen) atoms. The number of ether oxygens (including phenoxy) is 2. The Hall–Kier alpha value is -2.24. The van der Waals surface area contributed by atoms with E-state index in [1.807, 2.05) is 24.3 Å². The van der Waals surface area contributed by atoms with Crippen LogP contribution in [0.2, 0.25) is 5.02 Å². The summed E-state index contributed by atoms with van der Waals surface area (Å²) in [6.45, 7) is 0. The number of methoxy groups -OCH3 is 2. The summed E-state index contributed by atoms with van der Waals surface area (Å²) in [6.07, 6.45) is 0. The minimum Gasteiger partial charge on any atom is -0.497 e. The maximum atomic E-state index is 12.3. The molecule has 2 aromatic rings. The lowest BCUT2D eigenvalue weighted by molar-refractivity contribution is -0.126. The maximum Gasteiger partial charge on any atom is 0.247 e. The highest BCUT2D eigenvalue weighted by Gasteiger charge is 2.46. The fourth-order valence-electron chi connectivity index (χ4n) is 2.79. The van der Waals surface area contributed by atoms with E-state index in [2.05, 4.69) is 0 Å². The number of benzene rings is 2.